The van der Waals surface area contributed by atoms with E-state index in [1.54, 1.807) is 62.3 Å². The van der Waals surface area contributed by atoms with Crippen LogP contribution >= 0.6 is 0 Å². The van der Waals surface area contributed by atoms with Gasteiger partial charge in [0.2, 0.25) is 12.3 Å². The Balaban J connectivity index is 2.68. The second kappa shape index (κ2) is 15.0. The van der Waals surface area contributed by atoms with Crippen LogP contribution in [0, 0.1) is 22.2 Å². The van der Waals surface area contributed by atoms with Gasteiger partial charge in [-0.3, -0.25) is 24.0 Å². The van der Waals surface area contributed by atoms with Gasteiger partial charge >= 0.3 is 17.9 Å². The minimum atomic E-state index is -1.29. The van der Waals surface area contributed by atoms with Crippen LogP contribution in [0.25, 0.3) is 0 Å². The van der Waals surface area contributed by atoms with E-state index in [4.69, 9.17) is 18.9 Å². The second-order valence-corrected chi connectivity index (χ2v) is 16.0. The summed E-state index contributed by atoms with van der Waals surface area (Å²) in [7, 11) is 0. The number of carbonyl (C=O) groups is 5. The Bertz CT molecular complexity index is 1220. The fourth-order valence-corrected chi connectivity index (χ4v) is 4.50. The highest BCUT2D eigenvalue weighted by Crippen LogP contribution is 2.34. The molecule has 0 saturated carbocycles. The number of ether oxygens (including phenoxy) is 4. The van der Waals surface area contributed by atoms with E-state index in [1.165, 1.54) is 4.90 Å². The van der Waals surface area contributed by atoms with Crippen molar-refractivity contribution in [2.45, 2.75) is 120 Å². The molecule has 1 aromatic carbocycles. The standard InChI is InChI=1S/C35H54N2O9/c1-32(2,3)29(40)44-19-23-25(45-30(41)33(4,5)6)20-43-28(26(23)46-31(42)34(7,8)9)37(21-38)24(27(39)36-35(10,11)12)18-22-16-14-13-15-17-22/h13-17,21,23-26,28H,18-20H2,1-12H3,(H,36,39)/t23-,24+,25-,26+,28+/m1/s1. The van der Waals surface area contributed by atoms with Crippen molar-refractivity contribution in [1.29, 1.82) is 0 Å². The van der Waals surface area contributed by atoms with Gasteiger partial charge in [-0.25, -0.2) is 0 Å². The minimum absolute atomic E-state index is 0.132. The molecule has 1 N–H and O–H groups in total. The monoisotopic (exact) mass is 646 g/mol. The highest BCUT2D eigenvalue weighted by atomic mass is 16.6. The van der Waals surface area contributed by atoms with Crippen LogP contribution in [0.15, 0.2) is 30.3 Å². The Labute approximate surface area is 274 Å². The highest BCUT2D eigenvalue weighted by Gasteiger charge is 2.51. The van der Waals surface area contributed by atoms with Gasteiger partial charge in [0.15, 0.2) is 12.3 Å². The SMILES string of the molecule is CC(C)(C)NC(=O)[C@H](Cc1ccccc1)N(C=O)[C@H]1OC[C@@H](OC(=O)C(C)(C)C)[C@@H](COC(=O)C(C)(C)C)[C@@H]1OC(=O)C(C)(C)C. The molecule has 2 rings (SSSR count). The van der Waals surface area contributed by atoms with Crippen LogP contribution in [-0.2, 0) is 49.3 Å². The molecule has 5 atom stereocenters. The Morgan fingerprint density at radius 3 is 1.85 bits per heavy atom. The van der Waals surface area contributed by atoms with Crippen LogP contribution in [0.4, 0.5) is 0 Å². The predicted octanol–water partition coefficient (Wildman–Crippen LogP) is 4.45. The summed E-state index contributed by atoms with van der Waals surface area (Å²) < 4.78 is 23.9. The molecule has 1 fully saturated rings. The van der Waals surface area contributed by atoms with E-state index in [-0.39, 0.29) is 19.6 Å². The Morgan fingerprint density at radius 2 is 1.37 bits per heavy atom. The number of hydrogen-bond donors (Lipinski definition) is 1. The lowest BCUT2D eigenvalue weighted by atomic mass is 9.89. The van der Waals surface area contributed by atoms with Crippen molar-refractivity contribution in [2.75, 3.05) is 13.2 Å². The van der Waals surface area contributed by atoms with Gasteiger partial charge in [-0.2, -0.15) is 0 Å². The Morgan fingerprint density at radius 1 is 0.848 bits per heavy atom. The smallest absolute Gasteiger partial charge is 0.311 e. The average molecular weight is 647 g/mol. The molecule has 0 bridgehead atoms. The number of rotatable bonds is 10. The molecule has 1 saturated heterocycles. The first kappa shape index (κ1) is 38.7. The third-order valence-electron chi connectivity index (χ3n) is 7.21. The molecule has 1 aliphatic heterocycles. The van der Waals surface area contributed by atoms with Crippen LogP contribution in [0.5, 0.6) is 0 Å². The number of amides is 2. The topological polar surface area (TPSA) is 138 Å². The molecule has 0 radical (unpaired) electrons. The fraction of sp³-hybridized carbons (Fsp3) is 0.686. The van der Waals surface area contributed by atoms with Gasteiger partial charge in [0.1, 0.15) is 18.8 Å². The minimum Gasteiger partial charge on any atom is -0.465 e. The summed E-state index contributed by atoms with van der Waals surface area (Å²) in [5.74, 6) is -3.05. The molecule has 0 aromatic heterocycles. The van der Waals surface area contributed by atoms with Gasteiger partial charge in [0, 0.05) is 12.0 Å². The lowest BCUT2D eigenvalue weighted by molar-refractivity contribution is -0.241. The van der Waals surface area contributed by atoms with Crippen LogP contribution in [0.1, 0.15) is 88.6 Å². The first-order chi connectivity index (χ1) is 21.0. The Hall–Kier alpha value is -3.47. The molecule has 0 unspecified atom stereocenters. The summed E-state index contributed by atoms with van der Waals surface area (Å²) in [4.78, 5) is 67.4. The first-order valence-electron chi connectivity index (χ1n) is 15.8. The van der Waals surface area contributed by atoms with Crippen molar-refractivity contribution >= 4 is 30.2 Å². The third-order valence-corrected chi connectivity index (χ3v) is 7.21. The maximum atomic E-state index is 13.8. The molecule has 1 aliphatic rings. The maximum absolute atomic E-state index is 13.8. The summed E-state index contributed by atoms with van der Waals surface area (Å²) >= 11 is 0. The van der Waals surface area contributed by atoms with Crippen molar-refractivity contribution < 1.29 is 42.9 Å². The van der Waals surface area contributed by atoms with Gasteiger partial charge < -0.3 is 29.2 Å². The van der Waals surface area contributed by atoms with Gasteiger partial charge in [0.25, 0.3) is 0 Å². The normalized spacial score (nSPS) is 21.4. The number of esters is 3. The zero-order valence-electron chi connectivity index (χ0n) is 29.6. The largest absolute Gasteiger partial charge is 0.465 e. The van der Waals surface area contributed by atoms with Crippen molar-refractivity contribution in [2.24, 2.45) is 22.2 Å². The molecular weight excluding hydrogens is 592 g/mol. The molecule has 258 valence electrons. The van der Waals surface area contributed by atoms with Crippen molar-refractivity contribution in [3.8, 4) is 0 Å². The quantitative estimate of drug-likeness (QED) is 0.222. The van der Waals surface area contributed by atoms with Crippen LogP contribution in [0.2, 0.25) is 0 Å². The van der Waals surface area contributed by atoms with E-state index in [2.05, 4.69) is 5.32 Å². The molecule has 1 heterocycles. The molecule has 46 heavy (non-hydrogen) atoms. The van der Waals surface area contributed by atoms with Crippen molar-refractivity contribution in [3.63, 3.8) is 0 Å². The highest BCUT2D eigenvalue weighted by molar-refractivity contribution is 5.84. The van der Waals surface area contributed by atoms with Gasteiger partial charge in [-0.1, -0.05) is 30.3 Å². The van der Waals surface area contributed by atoms with Crippen LogP contribution in [0.3, 0.4) is 0 Å². The number of nitrogens with one attached hydrogen (secondary N) is 1. The number of hydrogen-bond acceptors (Lipinski definition) is 9. The van der Waals surface area contributed by atoms with Crippen molar-refractivity contribution in [3.05, 3.63) is 35.9 Å². The summed E-state index contributed by atoms with van der Waals surface area (Å²) in [6.45, 7) is 20.2. The summed E-state index contributed by atoms with van der Waals surface area (Å²) in [5.41, 5.74) is -2.52. The van der Waals surface area contributed by atoms with Crippen molar-refractivity contribution in [1.82, 2.24) is 10.2 Å². The van der Waals surface area contributed by atoms with Crippen LogP contribution < -0.4 is 5.32 Å². The average Bonchev–Trinajstić information content (AvgIpc) is 2.91. The van der Waals surface area contributed by atoms with Gasteiger partial charge in [-0.05, 0) is 88.6 Å². The van der Waals surface area contributed by atoms with E-state index < -0.39 is 76.0 Å². The van der Waals surface area contributed by atoms with E-state index >= 15 is 0 Å². The third kappa shape index (κ3) is 11.1. The summed E-state index contributed by atoms with van der Waals surface area (Å²) in [6, 6.07) is 8.12. The fourth-order valence-electron chi connectivity index (χ4n) is 4.50. The van der Waals surface area contributed by atoms with E-state index in [9.17, 15) is 24.0 Å². The first-order valence-corrected chi connectivity index (χ1v) is 15.8. The molecular formula is C35H54N2O9. The number of benzene rings is 1. The second-order valence-electron chi connectivity index (χ2n) is 16.0. The Kier molecular flexibility index (Phi) is 12.6. The lowest BCUT2D eigenvalue weighted by Crippen LogP contribution is -2.64. The number of carbonyl (C=O) groups excluding carboxylic acids is 5. The van der Waals surface area contributed by atoms with Crippen LogP contribution in [-0.4, -0.2) is 78.4 Å². The molecule has 1 aromatic rings. The van der Waals surface area contributed by atoms with Gasteiger partial charge in [-0.15, -0.1) is 0 Å². The van der Waals surface area contributed by atoms with Gasteiger partial charge in [0.05, 0.1) is 28.8 Å². The number of nitrogens with zero attached hydrogens (tertiary/aromatic N) is 1. The zero-order chi connectivity index (χ0) is 35.3. The molecule has 11 heteroatoms. The summed E-state index contributed by atoms with van der Waals surface area (Å²) in [6.07, 6.45) is -2.94. The maximum Gasteiger partial charge on any atom is 0.311 e. The predicted molar refractivity (Wildman–Crippen MR) is 172 cm³/mol. The van der Waals surface area contributed by atoms with E-state index in [0.29, 0.717) is 6.41 Å². The molecule has 0 aliphatic carbocycles. The zero-order valence-corrected chi connectivity index (χ0v) is 29.6. The molecule has 0 spiro atoms. The lowest BCUT2D eigenvalue weighted by Gasteiger charge is -2.47. The van der Waals surface area contributed by atoms with E-state index in [1.807, 2.05) is 51.1 Å². The molecule has 2 amide bonds. The summed E-state index contributed by atoms with van der Waals surface area (Å²) in [5, 5.41) is 2.95. The molecule has 11 nitrogen and oxygen atoms in total. The van der Waals surface area contributed by atoms with E-state index in [0.717, 1.165) is 5.56 Å².